The van der Waals surface area contributed by atoms with Crippen molar-refractivity contribution in [2.75, 3.05) is 0 Å². The molecule has 3 heterocycles. The first-order chi connectivity index (χ1) is 15.7. The lowest BCUT2D eigenvalue weighted by atomic mass is 10.0. The molecule has 0 radical (unpaired) electrons. The molecule has 0 aliphatic heterocycles. The van der Waals surface area contributed by atoms with E-state index in [4.69, 9.17) is 9.15 Å². The summed E-state index contributed by atoms with van der Waals surface area (Å²) >= 11 is 0. The zero-order valence-electron chi connectivity index (χ0n) is 18.0. The van der Waals surface area contributed by atoms with E-state index in [0.29, 0.717) is 28.4 Å². The van der Waals surface area contributed by atoms with E-state index in [-0.39, 0.29) is 12.5 Å². The van der Waals surface area contributed by atoms with Gasteiger partial charge in [-0.2, -0.15) is 13.2 Å². The molecule has 10 heteroatoms. The smallest absolute Gasteiger partial charge is 0.389 e. The molecule has 172 valence electrons. The zero-order chi connectivity index (χ0) is 23.6. The highest BCUT2D eigenvalue weighted by atomic mass is 19.4. The number of aromatic nitrogens is 4. The number of hydrogen-bond acceptors (Lipinski definition) is 6. The van der Waals surface area contributed by atoms with Gasteiger partial charge in [-0.15, -0.1) is 10.2 Å². The van der Waals surface area contributed by atoms with Crippen molar-refractivity contribution in [2.45, 2.75) is 45.4 Å². The molecule has 1 aromatic carbocycles. The van der Waals surface area contributed by atoms with Crippen LogP contribution in [0, 0.1) is 0 Å². The highest BCUT2D eigenvalue weighted by molar-refractivity contribution is 5.81. The van der Waals surface area contributed by atoms with Gasteiger partial charge in [-0.1, -0.05) is 0 Å². The van der Waals surface area contributed by atoms with Gasteiger partial charge in [0, 0.05) is 30.2 Å². The minimum atomic E-state index is -4.36. The molecular weight excluding hydrogens is 437 g/mol. The third kappa shape index (κ3) is 5.57. The summed E-state index contributed by atoms with van der Waals surface area (Å²) in [6.07, 6.45) is -1.55. The second-order valence-electron chi connectivity index (χ2n) is 7.89. The number of ketones is 1. The van der Waals surface area contributed by atoms with Gasteiger partial charge in [-0.25, -0.2) is 4.98 Å². The molecule has 0 spiro atoms. The third-order valence-corrected chi connectivity index (χ3v) is 4.84. The molecule has 0 fully saturated rings. The van der Waals surface area contributed by atoms with Crippen LogP contribution in [0.15, 0.2) is 53.5 Å². The Balaban J connectivity index is 1.66. The highest BCUT2D eigenvalue weighted by Crippen LogP contribution is 2.30. The quantitative estimate of drug-likeness (QED) is 0.357. The van der Waals surface area contributed by atoms with E-state index in [2.05, 4.69) is 15.2 Å². The van der Waals surface area contributed by atoms with Crippen LogP contribution >= 0.6 is 0 Å². The van der Waals surface area contributed by atoms with Crippen LogP contribution in [-0.4, -0.2) is 37.6 Å². The number of ether oxygens (including phenoxy) is 1. The second-order valence-corrected chi connectivity index (χ2v) is 7.89. The topological polar surface area (TPSA) is 82.5 Å². The van der Waals surface area contributed by atoms with Crippen molar-refractivity contribution in [1.82, 2.24) is 19.6 Å². The number of pyridine rings is 1. The van der Waals surface area contributed by atoms with E-state index in [0.717, 1.165) is 11.3 Å². The van der Waals surface area contributed by atoms with Crippen molar-refractivity contribution < 1.29 is 27.1 Å². The normalized spacial score (nSPS) is 11.9. The van der Waals surface area contributed by atoms with E-state index in [1.807, 2.05) is 30.4 Å². The third-order valence-electron chi connectivity index (χ3n) is 4.84. The largest absolute Gasteiger partial charge is 0.491 e. The van der Waals surface area contributed by atoms with Gasteiger partial charge in [0.2, 0.25) is 12.3 Å². The Hall–Kier alpha value is -3.69. The molecule has 0 aliphatic carbocycles. The molecule has 4 rings (SSSR count). The first kappa shape index (κ1) is 22.5. The number of Topliss-reactive ketones (excluding diaryl/α,β-unsaturated/α-hetero) is 1. The summed E-state index contributed by atoms with van der Waals surface area (Å²) in [4.78, 5) is 16.6. The number of fused-ring (bicyclic) bond motifs is 1. The SMILES string of the molecule is CC(C)Oc1cc(CC(=O)CCC(F)(F)F)cc(-c2cnc3cc(-c4nnco4)ccn23)c1. The average Bonchev–Trinajstić information content (AvgIpc) is 3.40. The predicted octanol–water partition coefficient (Wildman–Crippen LogP) is 5.29. The van der Waals surface area contributed by atoms with E-state index >= 15 is 0 Å². The van der Waals surface area contributed by atoms with Crippen LogP contribution in [0.4, 0.5) is 13.2 Å². The molecule has 0 saturated heterocycles. The molecule has 0 aliphatic rings. The molecule has 0 atom stereocenters. The van der Waals surface area contributed by atoms with E-state index < -0.39 is 24.8 Å². The minimum Gasteiger partial charge on any atom is -0.491 e. The number of benzene rings is 1. The maximum Gasteiger partial charge on any atom is 0.389 e. The van der Waals surface area contributed by atoms with E-state index in [9.17, 15) is 18.0 Å². The Morgan fingerprint density at radius 2 is 2.00 bits per heavy atom. The standard InChI is InChI=1S/C23H21F3N4O3/c1-14(2)33-19-9-15(8-18(31)3-5-23(24,25)26)7-17(10-19)20-12-27-21-11-16(4-6-30(20)21)22-29-28-13-32-22/h4,6-7,9-14H,3,5,8H2,1-2H3. The van der Waals surface area contributed by atoms with Crippen molar-refractivity contribution in [3.05, 3.63) is 54.7 Å². The number of carbonyl (C=O) groups is 1. The molecule has 4 aromatic rings. The molecule has 7 nitrogen and oxygen atoms in total. The Bertz CT molecular complexity index is 1260. The first-order valence-corrected chi connectivity index (χ1v) is 10.3. The molecule has 33 heavy (non-hydrogen) atoms. The van der Waals surface area contributed by atoms with E-state index in [1.165, 1.54) is 6.39 Å². The summed E-state index contributed by atoms with van der Waals surface area (Å²) in [5.41, 5.74) is 3.39. The van der Waals surface area contributed by atoms with Crippen molar-refractivity contribution in [3.63, 3.8) is 0 Å². The number of imidazole rings is 1. The summed E-state index contributed by atoms with van der Waals surface area (Å²) in [5, 5.41) is 7.57. The van der Waals surface area contributed by atoms with Crippen molar-refractivity contribution >= 4 is 11.4 Å². The molecule has 3 aromatic heterocycles. The number of halogens is 3. The lowest BCUT2D eigenvalue weighted by Gasteiger charge is -2.14. The van der Waals surface area contributed by atoms with Crippen molar-refractivity contribution in [3.8, 4) is 28.5 Å². The lowest BCUT2D eigenvalue weighted by molar-refractivity contribution is -0.143. The van der Waals surface area contributed by atoms with Crippen molar-refractivity contribution in [1.29, 1.82) is 0 Å². The number of nitrogens with zero attached hydrogens (tertiary/aromatic N) is 4. The second kappa shape index (κ2) is 9.05. The predicted molar refractivity (Wildman–Crippen MR) is 114 cm³/mol. The van der Waals surface area contributed by atoms with Gasteiger partial charge in [0.15, 0.2) is 0 Å². The van der Waals surface area contributed by atoms with Gasteiger partial charge in [-0.05, 0) is 49.7 Å². The average molecular weight is 458 g/mol. The Kier molecular flexibility index (Phi) is 6.17. The molecule has 0 saturated carbocycles. The Morgan fingerprint density at radius 1 is 1.18 bits per heavy atom. The Morgan fingerprint density at radius 3 is 2.70 bits per heavy atom. The highest BCUT2D eigenvalue weighted by Gasteiger charge is 2.27. The molecule has 0 bridgehead atoms. The van der Waals surface area contributed by atoms with Crippen molar-refractivity contribution in [2.24, 2.45) is 0 Å². The van der Waals surface area contributed by atoms with Crippen LogP contribution in [0.5, 0.6) is 5.75 Å². The molecule has 0 N–H and O–H groups in total. The fourth-order valence-corrected chi connectivity index (χ4v) is 3.47. The van der Waals surface area contributed by atoms with Crippen LogP contribution in [-0.2, 0) is 11.2 Å². The summed E-state index contributed by atoms with van der Waals surface area (Å²) in [6.45, 7) is 3.74. The van der Waals surface area contributed by atoms with Crippen LogP contribution in [0.25, 0.3) is 28.4 Å². The Labute approximate surface area is 187 Å². The van der Waals surface area contributed by atoms with Gasteiger partial charge in [-0.3, -0.25) is 9.20 Å². The first-order valence-electron chi connectivity index (χ1n) is 10.3. The fraction of sp³-hybridized carbons (Fsp3) is 0.304. The lowest BCUT2D eigenvalue weighted by Crippen LogP contribution is -2.12. The van der Waals surface area contributed by atoms with Crippen LogP contribution in [0.2, 0.25) is 0 Å². The zero-order valence-corrected chi connectivity index (χ0v) is 18.0. The summed E-state index contributed by atoms with van der Waals surface area (Å²) in [7, 11) is 0. The maximum atomic E-state index is 12.5. The summed E-state index contributed by atoms with van der Waals surface area (Å²) < 4.78 is 50.4. The maximum absolute atomic E-state index is 12.5. The number of carbonyl (C=O) groups excluding carboxylic acids is 1. The number of rotatable bonds is 8. The van der Waals surface area contributed by atoms with Gasteiger partial charge < -0.3 is 9.15 Å². The fourth-order valence-electron chi connectivity index (χ4n) is 3.47. The van der Waals surface area contributed by atoms with Gasteiger partial charge in [0.25, 0.3) is 0 Å². The summed E-state index contributed by atoms with van der Waals surface area (Å²) in [5.74, 6) is 0.412. The monoisotopic (exact) mass is 458 g/mol. The minimum absolute atomic E-state index is 0.115. The molecule has 0 unspecified atom stereocenters. The van der Waals surface area contributed by atoms with Gasteiger partial charge >= 0.3 is 6.18 Å². The van der Waals surface area contributed by atoms with Crippen LogP contribution in [0.3, 0.4) is 0 Å². The van der Waals surface area contributed by atoms with Gasteiger partial charge in [0.1, 0.15) is 17.2 Å². The van der Waals surface area contributed by atoms with E-state index in [1.54, 1.807) is 30.6 Å². The summed E-state index contributed by atoms with van der Waals surface area (Å²) in [6, 6.07) is 8.88. The molecule has 0 amide bonds. The molecular formula is C23H21F3N4O3. The number of alkyl halides is 3. The van der Waals surface area contributed by atoms with Crippen LogP contribution in [0.1, 0.15) is 32.3 Å². The number of hydrogen-bond donors (Lipinski definition) is 0. The van der Waals surface area contributed by atoms with Crippen LogP contribution < -0.4 is 4.74 Å². The van der Waals surface area contributed by atoms with Gasteiger partial charge in [0.05, 0.1) is 24.4 Å².